The summed E-state index contributed by atoms with van der Waals surface area (Å²) in [5.74, 6) is -1.06. The average molecular weight is 372 g/mol. The summed E-state index contributed by atoms with van der Waals surface area (Å²) in [4.78, 5) is 24.0. The number of nitrogens with zero attached hydrogens (tertiary/aromatic N) is 1. The molecule has 1 amide bonds. The molecular weight excluding hydrogens is 363 g/mol. The molecule has 0 atom stereocenters. The second kappa shape index (κ2) is 6.28. The normalized spacial score (nSPS) is 10.9. The molecule has 0 saturated carbocycles. The molecule has 0 aliphatic carbocycles. The summed E-state index contributed by atoms with van der Waals surface area (Å²) < 4.78 is 6.30. The predicted molar refractivity (Wildman–Crippen MR) is 90.6 cm³/mol. The number of fused-ring (bicyclic) bond motifs is 1. The van der Waals surface area contributed by atoms with Crippen LogP contribution < -0.4 is 11.1 Å². The van der Waals surface area contributed by atoms with Crippen molar-refractivity contribution in [2.45, 2.75) is 6.54 Å². The number of carbonyl (C=O) groups is 1. The lowest BCUT2D eigenvalue weighted by Gasteiger charge is -2.09. The molecule has 2 aromatic carbocycles. The first-order valence-electron chi connectivity index (χ1n) is 6.48. The summed E-state index contributed by atoms with van der Waals surface area (Å²) >= 11 is 17.7. The van der Waals surface area contributed by atoms with E-state index >= 15 is 0 Å². The van der Waals surface area contributed by atoms with Crippen molar-refractivity contribution < 1.29 is 9.21 Å². The highest BCUT2D eigenvalue weighted by atomic mass is 35.5. The van der Waals surface area contributed by atoms with Gasteiger partial charge < -0.3 is 9.73 Å². The topological polar surface area (TPSA) is 64.2 Å². The number of benzene rings is 2. The van der Waals surface area contributed by atoms with E-state index < -0.39 is 11.7 Å². The smallest absolute Gasteiger partial charge is 0.408 e. The van der Waals surface area contributed by atoms with Crippen molar-refractivity contribution in [2.24, 2.45) is 0 Å². The summed E-state index contributed by atoms with van der Waals surface area (Å²) in [6, 6.07) is 9.72. The van der Waals surface area contributed by atoms with Crippen LogP contribution >= 0.6 is 34.8 Å². The molecule has 0 unspecified atom stereocenters. The van der Waals surface area contributed by atoms with Gasteiger partial charge in [-0.15, -0.1) is 0 Å². The average Bonchev–Trinajstić information content (AvgIpc) is 2.81. The molecule has 3 aromatic rings. The Balaban J connectivity index is 1.86. The first-order valence-corrected chi connectivity index (χ1v) is 7.62. The molecule has 1 heterocycles. The number of nitrogens with one attached hydrogen (secondary N) is 1. The third-order valence-corrected chi connectivity index (χ3v) is 4.19. The number of para-hydroxylation sites is 2. The molecule has 0 aliphatic heterocycles. The zero-order valence-electron chi connectivity index (χ0n) is 11.5. The van der Waals surface area contributed by atoms with E-state index in [0.717, 1.165) is 0 Å². The lowest BCUT2D eigenvalue weighted by molar-refractivity contribution is -0.116. The minimum atomic E-state index is -0.610. The van der Waals surface area contributed by atoms with Crippen molar-refractivity contribution >= 4 is 57.5 Å². The molecule has 0 aliphatic rings. The van der Waals surface area contributed by atoms with E-state index in [0.29, 0.717) is 16.8 Å². The predicted octanol–water partition coefficient (Wildman–Crippen LogP) is 4.19. The molecule has 0 bridgehead atoms. The minimum Gasteiger partial charge on any atom is -0.408 e. The standard InChI is InChI=1S/C15H9Cl3N2O3/c16-8-5-10(18)11(6-9(8)17)19-14(21)7-20-12-3-1-2-4-13(12)23-15(20)22/h1-6H,7H2,(H,19,21). The van der Waals surface area contributed by atoms with Crippen molar-refractivity contribution in [3.8, 4) is 0 Å². The van der Waals surface area contributed by atoms with Gasteiger partial charge in [-0.2, -0.15) is 0 Å². The van der Waals surface area contributed by atoms with Gasteiger partial charge >= 0.3 is 5.76 Å². The number of hydrogen-bond donors (Lipinski definition) is 1. The lowest BCUT2D eigenvalue weighted by Crippen LogP contribution is -2.24. The maximum atomic E-state index is 12.2. The van der Waals surface area contributed by atoms with Crippen molar-refractivity contribution in [3.63, 3.8) is 0 Å². The molecular formula is C15H9Cl3N2O3. The largest absolute Gasteiger partial charge is 0.420 e. The van der Waals surface area contributed by atoms with E-state index in [1.807, 2.05) is 0 Å². The van der Waals surface area contributed by atoms with Crippen LogP contribution in [0.2, 0.25) is 15.1 Å². The first-order chi connectivity index (χ1) is 11.0. The van der Waals surface area contributed by atoms with Crippen molar-refractivity contribution in [1.82, 2.24) is 4.57 Å². The number of hydrogen-bond acceptors (Lipinski definition) is 3. The van der Waals surface area contributed by atoms with Crippen molar-refractivity contribution in [1.29, 1.82) is 0 Å². The van der Waals surface area contributed by atoms with Gasteiger partial charge in [-0.25, -0.2) is 4.79 Å². The molecule has 23 heavy (non-hydrogen) atoms. The maximum Gasteiger partial charge on any atom is 0.420 e. The zero-order valence-corrected chi connectivity index (χ0v) is 13.7. The Labute approximate surface area is 145 Å². The van der Waals surface area contributed by atoms with Crippen LogP contribution in [0.15, 0.2) is 45.6 Å². The number of oxazole rings is 1. The molecule has 3 rings (SSSR count). The van der Waals surface area contributed by atoms with Crippen LogP contribution in [0.1, 0.15) is 0 Å². The fourth-order valence-corrected chi connectivity index (χ4v) is 2.71. The van der Waals surface area contributed by atoms with Crippen LogP contribution in [0, 0.1) is 0 Å². The van der Waals surface area contributed by atoms with Crippen LogP contribution in [0.5, 0.6) is 0 Å². The summed E-state index contributed by atoms with van der Waals surface area (Å²) in [6.07, 6.45) is 0. The van der Waals surface area contributed by atoms with Crippen LogP contribution in [0.4, 0.5) is 5.69 Å². The quantitative estimate of drug-likeness (QED) is 0.702. The Hall–Kier alpha value is -1.95. The molecule has 0 saturated heterocycles. The van der Waals surface area contributed by atoms with Crippen LogP contribution in [-0.4, -0.2) is 10.5 Å². The summed E-state index contributed by atoms with van der Waals surface area (Å²) in [7, 11) is 0. The van der Waals surface area contributed by atoms with E-state index in [9.17, 15) is 9.59 Å². The Morgan fingerprint density at radius 3 is 2.57 bits per heavy atom. The van der Waals surface area contributed by atoms with Crippen molar-refractivity contribution in [3.05, 3.63) is 62.0 Å². The van der Waals surface area contributed by atoms with Gasteiger partial charge in [0.2, 0.25) is 5.91 Å². The number of amides is 1. The van der Waals surface area contributed by atoms with Crippen LogP contribution in [0.3, 0.4) is 0 Å². The van der Waals surface area contributed by atoms with Crippen LogP contribution in [0.25, 0.3) is 11.1 Å². The Morgan fingerprint density at radius 1 is 1.09 bits per heavy atom. The van der Waals surface area contributed by atoms with Gasteiger partial charge in [-0.3, -0.25) is 9.36 Å². The van der Waals surface area contributed by atoms with Gasteiger partial charge in [-0.1, -0.05) is 46.9 Å². The summed E-state index contributed by atoms with van der Waals surface area (Å²) in [5, 5.41) is 3.39. The molecule has 0 spiro atoms. The highest BCUT2D eigenvalue weighted by Crippen LogP contribution is 2.32. The number of anilines is 1. The zero-order chi connectivity index (χ0) is 16.6. The molecule has 118 valence electrons. The second-order valence-corrected chi connectivity index (χ2v) is 5.94. The summed E-state index contributed by atoms with van der Waals surface area (Å²) in [6.45, 7) is -0.216. The monoisotopic (exact) mass is 370 g/mol. The van der Waals surface area contributed by atoms with E-state index in [4.69, 9.17) is 39.2 Å². The Kier molecular flexibility index (Phi) is 4.35. The van der Waals surface area contributed by atoms with E-state index in [1.165, 1.54) is 16.7 Å². The fourth-order valence-electron chi connectivity index (χ4n) is 2.12. The molecule has 1 N–H and O–H groups in total. The number of aromatic nitrogens is 1. The SMILES string of the molecule is O=C(Cn1c(=O)oc2ccccc21)Nc1cc(Cl)c(Cl)cc1Cl. The minimum absolute atomic E-state index is 0.216. The molecule has 8 heteroatoms. The van der Waals surface area contributed by atoms with Gasteiger partial charge in [-0.05, 0) is 24.3 Å². The molecule has 1 aromatic heterocycles. The van der Waals surface area contributed by atoms with E-state index in [1.54, 1.807) is 24.3 Å². The van der Waals surface area contributed by atoms with Gasteiger partial charge in [0.15, 0.2) is 5.58 Å². The molecule has 5 nitrogen and oxygen atoms in total. The fraction of sp³-hybridized carbons (Fsp3) is 0.0667. The highest BCUT2D eigenvalue weighted by Gasteiger charge is 2.14. The lowest BCUT2D eigenvalue weighted by atomic mass is 10.3. The number of carbonyl (C=O) groups excluding carboxylic acids is 1. The van der Waals surface area contributed by atoms with Crippen molar-refractivity contribution in [2.75, 3.05) is 5.32 Å². The van der Waals surface area contributed by atoms with E-state index in [2.05, 4.69) is 5.32 Å². The first kappa shape index (κ1) is 15.9. The second-order valence-electron chi connectivity index (χ2n) is 4.72. The Bertz CT molecular complexity index is 962. The summed E-state index contributed by atoms with van der Waals surface area (Å²) in [5.41, 5.74) is 1.26. The number of rotatable bonds is 3. The Morgan fingerprint density at radius 2 is 1.78 bits per heavy atom. The maximum absolute atomic E-state index is 12.2. The van der Waals surface area contributed by atoms with Gasteiger partial charge in [0.1, 0.15) is 6.54 Å². The third kappa shape index (κ3) is 3.22. The van der Waals surface area contributed by atoms with Gasteiger partial charge in [0.25, 0.3) is 0 Å². The van der Waals surface area contributed by atoms with E-state index in [-0.39, 0.29) is 21.6 Å². The van der Waals surface area contributed by atoms with Gasteiger partial charge in [0, 0.05) is 0 Å². The molecule has 0 radical (unpaired) electrons. The van der Waals surface area contributed by atoms with Gasteiger partial charge in [0.05, 0.1) is 26.3 Å². The number of halogens is 3. The van der Waals surface area contributed by atoms with Crippen LogP contribution in [-0.2, 0) is 11.3 Å². The third-order valence-electron chi connectivity index (χ3n) is 3.16. The highest BCUT2D eigenvalue weighted by molar-refractivity contribution is 6.44. The molecule has 0 fully saturated rings.